The number of aryl methyl sites for hydroxylation is 1. The fourth-order valence-electron chi connectivity index (χ4n) is 2.02. The number of aromatic amines is 1. The van der Waals surface area contributed by atoms with Gasteiger partial charge in [-0.05, 0) is 25.5 Å². The smallest absolute Gasteiger partial charge is 0.330 e. The first-order valence-electron chi connectivity index (χ1n) is 5.90. The zero-order chi connectivity index (χ0) is 14.2. The summed E-state index contributed by atoms with van der Waals surface area (Å²) in [6, 6.07) is 0. The summed E-state index contributed by atoms with van der Waals surface area (Å²) >= 11 is 0. The number of hydrogen-bond donors (Lipinski definition) is 2. The van der Waals surface area contributed by atoms with Crippen molar-refractivity contribution in [1.82, 2.24) is 9.55 Å². The molecular weight excluding hydrogens is 248 g/mol. The Morgan fingerprint density at radius 2 is 2.26 bits per heavy atom. The molecule has 0 radical (unpaired) electrons. The second kappa shape index (κ2) is 4.99. The van der Waals surface area contributed by atoms with E-state index in [1.165, 1.54) is 10.8 Å². The number of nitrogens with one attached hydrogen (secondary N) is 1. The summed E-state index contributed by atoms with van der Waals surface area (Å²) in [4.78, 5) is 25.3. The molecule has 1 unspecified atom stereocenters. The Morgan fingerprint density at radius 3 is 2.79 bits per heavy atom. The van der Waals surface area contributed by atoms with Crippen LogP contribution >= 0.6 is 0 Å². The number of hydrogen-bond acceptors (Lipinski definition) is 4. The van der Waals surface area contributed by atoms with E-state index in [4.69, 9.17) is 4.74 Å². The summed E-state index contributed by atoms with van der Waals surface area (Å²) in [5, 5.41) is 9.27. The standard InChI is InChI=1S/C13H16N2O4/c1-7(2)9-4-11(19-10(9)6-16)15-5-8(3)12(17)14-13(15)18/h4-5,10-11,16H,1,6H2,2-3H3,(H,14,17,18)/t10?,11-/m1/s1. The fraction of sp³-hybridized carbons (Fsp3) is 0.385. The lowest BCUT2D eigenvalue weighted by atomic mass is 10.1. The molecule has 1 aliphatic heterocycles. The summed E-state index contributed by atoms with van der Waals surface area (Å²) in [5.74, 6) is 0. The van der Waals surface area contributed by atoms with Crippen molar-refractivity contribution < 1.29 is 9.84 Å². The average molecular weight is 264 g/mol. The molecule has 0 fully saturated rings. The van der Waals surface area contributed by atoms with E-state index in [1.54, 1.807) is 19.9 Å². The lowest BCUT2D eigenvalue weighted by Gasteiger charge is -2.16. The summed E-state index contributed by atoms with van der Waals surface area (Å²) < 4.78 is 6.87. The van der Waals surface area contributed by atoms with Crippen LogP contribution in [0, 0.1) is 6.92 Å². The summed E-state index contributed by atoms with van der Waals surface area (Å²) in [7, 11) is 0. The quantitative estimate of drug-likeness (QED) is 0.819. The van der Waals surface area contributed by atoms with Crippen LogP contribution in [0.3, 0.4) is 0 Å². The molecule has 2 N–H and O–H groups in total. The molecule has 2 heterocycles. The predicted octanol–water partition coefficient (Wildman–Crippen LogP) is 0.237. The molecule has 0 aliphatic carbocycles. The maximum Gasteiger partial charge on any atom is 0.330 e. The topological polar surface area (TPSA) is 84.3 Å². The number of H-pyrrole nitrogens is 1. The highest BCUT2D eigenvalue weighted by Crippen LogP contribution is 2.29. The zero-order valence-corrected chi connectivity index (χ0v) is 10.8. The zero-order valence-electron chi connectivity index (χ0n) is 10.8. The third-order valence-corrected chi connectivity index (χ3v) is 3.05. The van der Waals surface area contributed by atoms with Crippen molar-refractivity contribution in [1.29, 1.82) is 0 Å². The van der Waals surface area contributed by atoms with Gasteiger partial charge in [0.25, 0.3) is 5.56 Å². The molecule has 1 aromatic rings. The monoisotopic (exact) mass is 264 g/mol. The Morgan fingerprint density at radius 1 is 1.58 bits per heavy atom. The highest BCUT2D eigenvalue weighted by Gasteiger charge is 2.28. The number of aliphatic hydroxyl groups excluding tert-OH is 1. The van der Waals surface area contributed by atoms with Crippen LogP contribution in [0.25, 0.3) is 0 Å². The predicted molar refractivity (Wildman–Crippen MR) is 70.0 cm³/mol. The van der Waals surface area contributed by atoms with Crippen LogP contribution in [-0.4, -0.2) is 27.4 Å². The molecule has 1 aromatic heterocycles. The number of ether oxygens (including phenoxy) is 1. The molecule has 0 saturated carbocycles. The maximum absolute atomic E-state index is 11.8. The van der Waals surface area contributed by atoms with Crippen molar-refractivity contribution in [3.8, 4) is 0 Å². The second-order valence-corrected chi connectivity index (χ2v) is 4.58. The van der Waals surface area contributed by atoms with Crippen molar-refractivity contribution in [2.24, 2.45) is 0 Å². The van der Waals surface area contributed by atoms with Gasteiger partial charge in [0, 0.05) is 11.8 Å². The highest BCUT2D eigenvalue weighted by atomic mass is 16.5. The van der Waals surface area contributed by atoms with E-state index in [2.05, 4.69) is 11.6 Å². The third kappa shape index (κ3) is 2.45. The normalized spacial score (nSPS) is 22.4. The van der Waals surface area contributed by atoms with Crippen molar-refractivity contribution >= 4 is 0 Å². The number of rotatable bonds is 3. The number of aromatic nitrogens is 2. The lowest BCUT2D eigenvalue weighted by molar-refractivity contribution is -0.0133. The first kappa shape index (κ1) is 13.5. The van der Waals surface area contributed by atoms with Crippen LogP contribution in [0.15, 0.2) is 39.6 Å². The third-order valence-electron chi connectivity index (χ3n) is 3.05. The van der Waals surface area contributed by atoms with Gasteiger partial charge in [0.15, 0.2) is 6.23 Å². The van der Waals surface area contributed by atoms with Gasteiger partial charge in [-0.2, -0.15) is 0 Å². The van der Waals surface area contributed by atoms with Gasteiger partial charge in [-0.15, -0.1) is 0 Å². The molecule has 102 valence electrons. The largest absolute Gasteiger partial charge is 0.393 e. The molecule has 19 heavy (non-hydrogen) atoms. The van der Waals surface area contributed by atoms with Gasteiger partial charge in [-0.25, -0.2) is 4.79 Å². The van der Waals surface area contributed by atoms with Crippen LogP contribution in [0.2, 0.25) is 0 Å². The molecule has 0 spiro atoms. The first-order chi connectivity index (χ1) is 8.93. The van der Waals surface area contributed by atoms with E-state index in [0.717, 1.165) is 11.1 Å². The van der Waals surface area contributed by atoms with E-state index in [-0.39, 0.29) is 6.61 Å². The van der Waals surface area contributed by atoms with Gasteiger partial charge in [-0.1, -0.05) is 12.2 Å². The van der Waals surface area contributed by atoms with Gasteiger partial charge < -0.3 is 9.84 Å². The average Bonchev–Trinajstić information content (AvgIpc) is 2.77. The summed E-state index contributed by atoms with van der Waals surface area (Å²) in [6.07, 6.45) is 2.02. The van der Waals surface area contributed by atoms with Crippen LogP contribution in [0.1, 0.15) is 18.7 Å². The van der Waals surface area contributed by atoms with Crippen molar-refractivity contribution in [2.45, 2.75) is 26.2 Å². The van der Waals surface area contributed by atoms with E-state index >= 15 is 0 Å². The van der Waals surface area contributed by atoms with Crippen LogP contribution in [0.5, 0.6) is 0 Å². The van der Waals surface area contributed by atoms with E-state index in [0.29, 0.717) is 5.56 Å². The molecule has 0 aromatic carbocycles. The van der Waals surface area contributed by atoms with Crippen molar-refractivity contribution in [2.75, 3.05) is 6.61 Å². The van der Waals surface area contributed by atoms with Gasteiger partial charge in [-0.3, -0.25) is 14.3 Å². The Labute approximate surface area is 109 Å². The molecule has 6 heteroatoms. The first-order valence-corrected chi connectivity index (χ1v) is 5.90. The van der Waals surface area contributed by atoms with Gasteiger partial charge in [0.1, 0.15) is 6.10 Å². The minimum atomic E-state index is -0.646. The number of nitrogens with zero attached hydrogens (tertiary/aromatic N) is 1. The minimum absolute atomic E-state index is 0.188. The molecule has 0 bridgehead atoms. The molecule has 2 rings (SSSR count). The molecule has 0 saturated heterocycles. The Bertz CT molecular complexity index is 653. The SMILES string of the molecule is C=C(C)C1=C[C@H](n2cc(C)c(=O)[nH]c2=O)OC1CO. The van der Waals surface area contributed by atoms with E-state index in [9.17, 15) is 14.7 Å². The van der Waals surface area contributed by atoms with Gasteiger partial charge in [0.05, 0.1) is 6.61 Å². The van der Waals surface area contributed by atoms with Gasteiger partial charge in [0.2, 0.25) is 0 Å². The highest BCUT2D eigenvalue weighted by molar-refractivity contribution is 5.33. The second-order valence-electron chi connectivity index (χ2n) is 4.58. The molecule has 0 amide bonds. The number of aliphatic hydroxyl groups is 1. The molecular formula is C13H16N2O4. The summed E-state index contributed by atoms with van der Waals surface area (Å²) in [5.41, 5.74) is 0.999. The fourth-order valence-corrected chi connectivity index (χ4v) is 2.02. The summed E-state index contributed by atoms with van der Waals surface area (Å²) in [6.45, 7) is 7.04. The van der Waals surface area contributed by atoms with Crippen molar-refractivity contribution in [3.63, 3.8) is 0 Å². The van der Waals surface area contributed by atoms with Crippen molar-refractivity contribution in [3.05, 3.63) is 56.4 Å². The van der Waals surface area contributed by atoms with Crippen LogP contribution < -0.4 is 11.2 Å². The van der Waals surface area contributed by atoms with E-state index in [1.807, 2.05) is 0 Å². The van der Waals surface area contributed by atoms with Gasteiger partial charge >= 0.3 is 5.69 Å². The Kier molecular flexibility index (Phi) is 3.55. The molecule has 6 nitrogen and oxygen atoms in total. The Hall–Kier alpha value is -1.92. The minimum Gasteiger partial charge on any atom is -0.393 e. The van der Waals surface area contributed by atoms with Crippen LogP contribution in [0.4, 0.5) is 0 Å². The van der Waals surface area contributed by atoms with Crippen LogP contribution in [-0.2, 0) is 4.74 Å². The van der Waals surface area contributed by atoms with E-state index < -0.39 is 23.6 Å². The Balaban J connectivity index is 2.45. The molecule has 2 atom stereocenters. The lowest BCUT2D eigenvalue weighted by Crippen LogP contribution is -2.33. The maximum atomic E-state index is 11.8. The molecule has 1 aliphatic rings.